The molecule has 0 atom stereocenters. The molecule has 0 bridgehead atoms. The summed E-state index contributed by atoms with van der Waals surface area (Å²) in [4.78, 5) is 33.8. The van der Waals surface area contributed by atoms with E-state index in [2.05, 4.69) is 15.2 Å². The van der Waals surface area contributed by atoms with E-state index in [1.54, 1.807) is 37.7 Å². The molecule has 5 aromatic rings. The monoisotopic (exact) mass is 668 g/mol. The smallest absolute Gasteiger partial charge is 0.271 e. The number of rotatable bonds is 10. The molecule has 1 N–H and O–H groups in total. The molecule has 2 aromatic heterocycles. The van der Waals surface area contributed by atoms with Gasteiger partial charge in [0.2, 0.25) is 0 Å². The third kappa shape index (κ3) is 6.77. The molecule has 252 valence electrons. The minimum absolute atomic E-state index is 0.0890. The second-order valence-electron chi connectivity index (χ2n) is 11.9. The van der Waals surface area contributed by atoms with Gasteiger partial charge in [0.15, 0.2) is 23.1 Å². The number of methoxy groups -OCH3 is 1. The maximum atomic E-state index is 15.4. The molecule has 10 nitrogen and oxygen atoms in total. The maximum Gasteiger partial charge on any atom is 0.271 e. The normalized spacial score (nSPS) is 14.3. The lowest BCUT2D eigenvalue weighted by molar-refractivity contribution is 0.102. The van der Waals surface area contributed by atoms with Gasteiger partial charge in [-0.05, 0) is 74.5 Å². The van der Waals surface area contributed by atoms with E-state index in [-0.39, 0.29) is 22.7 Å². The minimum Gasteiger partial charge on any atom is -0.493 e. The number of fused-ring (bicyclic) bond motifs is 2. The molecule has 0 aliphatic carbocycles. The molecule has 49 heavy (non-hydrogen) atoms. The van der Waals surface area contributed by atoms with Gasteiger partial charge in [-0.3, -0.25) is 24.0 Å². The number of nitrogens with zero attached hydrogens (tertiary/aromatic N) is 3. The van der Waals surface area contributed by atoms with Gasteiger partial charge >= 0.3 is 0 Å². The highest BCUT2D eigenvalue weighted by atomic mass is 19.1. The Labute approximate surface area is 280 Å². The van der Waals surface area contributed by atoms with Crippen LogP contribution in [0.25, 0.3) is 16.6 Å². The van der Waals surface area contributed by atoms with Gasteiger partial charge in [0.1, 0.15) is 29.5 Å². The summed E-state index contributed by atoms with van der Waals surface area (Å²) in [7, 11) is 1.55. The number of anilines is 1. The van der Waals surface area contributed by atoms with Crippen molar-refractivity contribution < 1.29 is 32.5 Å². The van der Waals surface area contributed by atoms with Crippen molar-refractivity contribution in [2.45, 2.75) is 25.7 Å². The highest BCUT2D eigenvalue weighted by molar-refractivity contribution is 6.06. The van der Waals surface area contributed by atoms with E-state index in [4.69, 9.17) is 18.9 Å². The van der Waals surface area contributed by atoms with Gasteiger partial charge < -0.3 is 24.3 Å². The van der Waals surface area contributed by atoms with Crippen LogP contribution < -0.4 is 29.8 Å². The van der Waals surface area contributed by atoms with E-state index in [0.717, 1.165) is 25.7 Å². The van der Waals surface area contributed by atoms with E-state index in [0.29, 0.717) is 59.0 Å². The highest BCUT2D eigenvalue weighted by Gasteiger charge is 2.27. The molecule has 7 rings (SSSR count). The second kappa shape index (κ2) is 13.9. The molecule has 4 heterocycles. The Morgan fingerprint density at radius 2 is 1.78 bits per heavy atom. The first-order valence-electron chi connectivity index (χ1n) is 16.2. The average molecular weight is 669 g/mol. The molecular weight excluding hydrogens is 634 g/mol. The van der Waals surface area contributed by atoms with Gasteiger partial charge in [-0.2, -0.15) is 0 Å². The summed E-state index contributed by atoms with van der Waals surface area (Å²) in [5.41, 5.74) is 0.847. The molecular formula is C37H34F2N4O6. The van der Waals surface area contributed by atoms with Crippen molar-refractivity contribution in [1.82, 2.24) is 14.5 Å². The zero-order valence-corrected chi connectivity index (χ0v) is 26.8. The average Bonchev–Trinajstić information content (AvgIpc) is 3.58. The Morgan fingerprint density at radius 1 is 0.959 bits per heavy atom. The summed E-state index contributed by atoms with van der Waals surface area (Å²) in [6, 6.07) is 14.5. The van der Waals surface area contributed by atoms with Crippen LogP contribution in [-0.2, 0) is 6.42 Å². The number of piperidine rings is 1. The van der Waals surface area contributed by atoms with E-state index in [9.17, 15) is 14.0 Å². The Hall–Kier alpha value is -5.49. The van der Waals surface area contributed by atoms with Crippen LogP contribution in [0.3, 0.4) is 0 Å². The van der Waals surface area contributed by atoms with Crippen LogP contribution in [0.4, 0.5) is 14.5 Å². The Balaban J connectivity index is 1.09. The Morgan fingerprint density at radius 3 is 2.55 bits per heavy atom. The molecule has 12 heteroatoms. The van der Waals surface area contributed by atoms with Crippen LogP contribution >= 0.6 is 0 Å². The van der Waals surface area contributed by atoms with Gasteiger partial charge in [0.05, 0.1) is 19.2 Å². The van der Waals surface area contributed by atoms with E-state index in [1.807, 2.05) is 0 Å². The number of aromatic nitrogens is 2. The fraction of sp³-hybridized carbons (Fsp3) is 0.270. The number of benzene rings is 3. The van der Waals surface area contributed by atoms with Crippen LogP contribution in [0.5, 0.6) is 28.7 Å². The lowest BCUT2D eigenvalue weighted by Crippen LogP contribution is -2.33. The summed E-state index contributed by atoms with van der Waals surface area (Å²) in [5.74, 6) is -0.482. The Bertz CT molecular complexity index is 2080. The number of hydrogen-bond donors (Lipinski definition) is 1. The molecule has 0 spiro atoms. The first kappa shape index (κ1) is 32.1. The molecule has 0 radical (unpaired) electrons. The van der Waals surface area contributed by atoms with Crippen LogP contribution in [0.1, 0.15) is 35.2 Å². The maximum absolute atomic E-state index is 15.4. The molecule has 2 aliphatic heterocycles. The van der Waals surface area contributed by atoms with Crippen molar-refractivity contribution in [3.63, 3.8) is 0 Å². The lowest BCUT2D eigenvalue weighted by Gasteiger charge is -2.26. The van der Waals surface area contributed by atoms with Crippen molar-refractivity contribution >= 4 is 22.5 Å². The second-order valence-corrected chi connectivity index (χ2v) is 11.9. The molecule has 3 aromatic carbocycles. The SMILES string of the molecule is COc1cc2c(Oc3ccc(NC(=O)c4c5c(cn(-c6ccc(F)cc6)c4=O)CCO5)cc3F)ccnc2cc1OCCN1CCCCC1. The molecule has 1 fully saturated rings. The number of likely N-dealkylation sites (tertiary alicyclic amines) is 1. The molecule has 0 unspecified atom stereocenters. The summed E-state index contributed by atoms with van der Waals surface area (Å²) in [5, 5.41) is 3.20. The predicted octanol–water partition coefficient (Wildman–Crippen LogP) is 6.52. The van der Waals surface area contributed by atoms with Gasteiger partial charge in [-0.1, -0.05) is 6.42 Å². The molecule has 2 aliphatic rings. The number of ether oxygens (including phenoxy) is 4. The zero-order valence-electron chi connectivity index (χ0n) is 26.8. The number of nitrogens with one attached hydrogen (secondary N) is 1. The highest BCUT2D eigenvalue weighted by Crippen LogP contribution is 2.38. The number of halogens is 2. The lowest BCUT2D eigenvalue weighted by atomic mass is 10.1. The number of hydrogen-bond acceptors (Lipinski definition) is 8. The first-order valence-corrected chi connectivity index (χ1v) is 16.2. The van der Waals surface area contributed by atoms with Gasteiger partial charge in [-0.25, -0.2) is 8.78 Å². The van der Waals surface area contributed by atoms with Crippen molar-refractivity contribution in [1.29, 1.82) is 0 Å². The van der Waals surface area contributed by atoms with Crippen LogP contribution in [0.15, 0.2) is 77.9 Å². The number of amides is 1. The molecule has 1 amide bonds. The van der Waals surface area contributed by atoms with Crippen molar-refractivity contribution in [3.05, 3.63) is 106 Å². The summed E-state index contributed by atoms with van der Waals surface area (Å²) < 4.78 is 53.6. The van der Waals surface area contributed by atoms with Crippen molar-refractivity contribution in [2.24, 2.45) is 0 Å². The van der Waals surface area contributed by atoms with Gasteiger partial charge in [-0.15, -0.1) is 0 Å². The van der Waals surface area contributed by atoms with E-state index in [1.165, 1.54) is 60.2 Å². The summed E-state index contributed by atoms with van der Waals surface area (Å²) in [6.45, 7) is 3.78. The molecule has 1 saturated heterocycles. The van der Waals surface area contributed by atoms with Crippen LogP contribution in [-0.4, -0.2) is 60.3 Å². The molecule has 0 saturated carbocycles. The largest absolute Gasteiger partial charge is 0.493 e. The van der Waals surface area contributed by atoms with Crippen LogP contribution in [0, 0.1) is 11.6 Å². The fourth-order valence-electron chi connectivity index (χ4n) is 6.18. The third-order valence-corrected chi connectivity index (χ3v) is 8.70. The van der Waals surface area contributed by atoms with Gasteiger partial charge in [0.25, 0.3) is 11.5 Å². The minimum atomic E-state index is -0.770. The quantitative estimate of drug-likeness (QED) is 0.180. The zero-order chi connectivity index (χ0) is 33.9. The fourth-order valence-corrected chi connectivity index (χ4v) is 6.18. The number of carbonyl (C=O) groups is 1. The van der Waals surface area contributed by atoms with Gasteiger partial charge in [0, 0.05) is 59.8 Å². The summed E-state index contributed by atoms with van der Waals surface area (Å²) in [6.07, 6.45) is 7.32. The number of carbonyl (C=O) groups excluding carboxylic acids is 1. The Kier molecular flexibility index (Phi) is 9.12. The standard InChI is InChI=1S/C37H34F2N4O6/c1-46-32-20-27-29(21-33(32)47-18-16-42-14-3-2-4-15-42)40-13-11-30(27)49-31-10-7-25(19-28(31)39)41-36(44)34-35-23(12-17-48-35)22-43(37(34)45)26-8-5-24(38)6-9-26/h5-11,13,19-22H,2-4,12,14-18H2,1H3,(H,41,44). The van der Waals surface area contributed by atoms with E-state index >= 15 is 4.39 Å². The van der Waals surface area contributed by atoms with Crippen molar-refractivity contribution in [2.75, 3.05) is 45.3 Å². The van der Waals surface area contributed by atoms with Crippen molar-refractivity contribution in [3.8, 4) is 34.4 Å². The first-order chi connectivity index (χ1) is 23.9. The summed E-state index contributed by atoms with van der Waals surface area (Å²) >= 11 is 0. The topological polar surface area (TPSA) is 104 Å². The van der Waals surface area contributed by atoms with E-state index < -0.39 is 23.1 Å². The third-order valence-electron chi connectivity index (χ3n) is 8.70. The predicted molar refractivity (Wildman–Crippen MR) is 180 cm³/mol. The van der Waals surface area contributed by atoms with Crippen LogP contribution in [0.2, 0.25) is 0 Å². The number of pyridine rings is 2.